The van der Waals surface area contributed by atoms with Crippen LogP contribution in [-0.4, -0.2) is 39.5 Å². The highest BCUT2D eigenvalue weighted by Gasteiger charge is 2.20. The number of hydrogen-bond acceptors (Lipinski definition) is 5. The van der Waals surface area contributed by atoms with E-state index in [1.54, 1.807) is 7.11 Å². The van der Waals surface area contributed by atoms with Gasteiger partial charge in [-0.15, -0.1) is 12.4 Å². The maximum absolute atomic E-state index is 6.00. The number of halogens is 1. The lowest BCUT2D eigenvalue weighted by atomic mass is 10.1. The normalized spacial score (nSPS) is 15.0. The topological polar surface area (TPSA) is 49.0 Å². The predicted molar refractivity (Wildman–Crippen MR) is 109 cm³/mol. The maximum atomic E-state index is 6.00. The van der Waals surface area contributed by atoms with Gasteiger partial charge in [0.15, 0.2) is 23.0 Å². The van der Waals surface area contributed by atoms with Gasteiger partial charge in [0.25, 0.3) is 0 Å². The van der Waals surface area contributed by atoms with Crippen LogP contribution in [0.3, 0.4) is 0 Å². The number of fused-ring (bicyclic) bond motifs is 1. The molecule has 27 heavy (non-hydrogen) atoms. The van der Waals surface area contributed by atoms with E-state index in [1.165, 1.54) is 5.56 Å². The molecule has 5 nitrogen and oxygen atoms in total. The van der Waals surface area contributed by atoms with E-state index in [0.717, 1.165) is 42.4 Å². The van der Waals surface area contributed by atoms with Gasteiger partial charge in [-0.05, 0) is 30.2 Å². The van der Waals surface area contributed by atoms with Gasteiger partial charge in [0.1, 0.15) is 19.3 Å². The average molecular weight is 394 g/mol. The van der Waals surface area contributed by atoms with Gasteiger partial charge in [0.05, 0.1) is 7.11 Å². The van der Waals surface area contributed by atoms with Crippen molar-refractivity contribution in [2.24, 2.45) is 0 Å². The maximum Gasteiger partial charge on any atom is 0.164 e. The molecule has 0 spiro atoms. The number of aryl methyl sites for hydroxylation is 1. The molecule has 0 bridgehead atoms. The van der Waals surface area contributed by atoms with E-state index in [0.29, 0.717) is 19.8 Å². The lowest BCUT2D eigenvalue weighted by Crippen LogP contribution is -2.39. The lowest BCUT2D eigenvalue weighted by Gasteiger charge is -2.26. The van der Waals surface area contributed by atoms with Gasteiger partial charge in [-0.1, -0.05) is 37.6 Å². The molecule has 2 aromatic carbocycles. The third-order valence-electron chi connectivity index (χ3n) is 4.26. The van der Waals surface area contributed by atoms with Gasteiger partial charge >= 0.3 is 0 Å². The SMILES string of the molecule is CCCc1cccc(OC)c1OCCNC[C@@H]1COc2ccccc2O1.Cl. The summed E-state index contributed by atoms with van der Waals surface area (Å²) >= 11 is 0. The standard InChI is InChI=1S/C21H27NO4.ClH/c1-3-7-16-8-6-11-20(23-2)21(16)24-13-12-22-14-17-15-25-18-9-4-5-10-19(18)26-17;/h4-6,8-11,17,22H,3,7,12-15H2,1-2H3;1H/t17-;/m1./s1. The number of rotatable bonds is 9. The first-order chi connectivity index (χ1) is 12.8. The van der Waals surface area contributed by atoms with E-state index in [2.05, 4.69) is 18.3 Å². The Morgan fingerprint density at radius 3 is 2.70 bits per heavy atom. The van der Waals surface area contributed by atoms with E-state index in [1.807, 2.05) is 36.4 Å². The fourth-order valence-electron chi connectivity index (χ4n) is 3.00. The monoisotopic (exact) mass is 393 g/mol. The minimum absolute atomic E-state index is 0. The third-order valence-corrected chi connectivity index (χ3v) is 4.26. The molecule has 0 radical (unpaired) electrons. The zero-order valence-electron chi connectivity index (χ0n) is 15.9. The zero-order chi connectivity index (χ0) is 18.2. The van der Waals surface area contributed by atoms with Crippen molar-refractivity contribution in [1.82, 2.24) is 5.32 Å². The molecule has 0 fully saturated rings. The molecule has 1 atom stereocenters. The third kappa shape index (κ3) is 5.68. The van der Waals surface area contributed by atoms with Crippen LogP contribution in [0.15, 0.2) is 42.5 Å². The quantitative estimate of drug-likeness (QED) is 0.655. The largest absolute Gasteiger partial charge is 0.493 e. The van der Waals surface area contributed by atoms with Crippen molar-refractivity contribution in [3.8, 4) is 23.0 Å². The molecule has 0 aliphatic carbocycles. The highest BCUT2D eigenvalue weighted by Crippen LogP contribution is 2.32. The Bertz CT molecular complexity index is 710. The summed E-state index contributed by atoms with van der Waals surface area (Å²) < 4.78 is 23.1. The summed E-state index contributed by atoms with van der Waals surface area (Å²) in [4.78, 5) is 0. The van der Waals surface area contributed by atoms with Crippen LogP contribution in [0.1, 0.15) is 18.9 Å². The minimum Gasteiger partial charge on any atom is -0.493 e. The Kier molecular flexibility index (Phi) is 8.55. The van der Waals surface area contributed by atoms with E-state index >= 15 is 0 Å². The summed E-state index contributed by atoms with van der Waals surface area (Å²) in [5.74, 6) is 3.26. The van der Waals surface area contributed by atoms with Crippen LogP contribution in [0.25, 0.3) is 0 Å². The average Bonchev–Trinajstić information content (AvgIpc) is 2.68. The number of nitrogens with one attached hydrogen (secondary N) is 1. The Balaban J connectivity index is 0.00000261. The first-order valence-electron chi connectivity index (χ1n) is 9.19. The minimum atomic E-state index is 0. The van der Waals surface area contributed by atoms with Crippen LogP contribution in [0.5, 0.6) is 23.0 Å². The van der Waals surface area contributed by atoms with Crippen LogP contribution < -0.4 is 24.3 Å². The smallest absolute Gasteiger partial charge is 0.164 e. The number of benzene rings is 2. The number of hydrogen-bond donors (Lipinski definition) is 1. The van der Waals surface area contributed by atoms with Gasteiger partial charge in [-0.3, -0.25) is 0 Å². The summed E-state index contributed by atoms with van der Waals surface area (Å²) in [5.41, 5.74) is 1.19. The molecule has 148 valence electrons. The first-order valence-corrected chi connectivity index (χ1v) is 9.19. The molecular formula is C21H28ClNO4. The number of para-hydroxylation sites is 3. The second-order valence-electron chi connectivity index (χ2n) is 6.25. The summed E-state index contributed by atoms with van der Waals surface area (Å²) in [5, 5.41) is 3.37. The van der Waals surface area contributed by atoms with Crippen molar-refractivity contribution in [1.29, 1.82) is 0 Å². The van der Waals surface area contributed by atoms with Gasteiger partial charge in [-0.25, -0.2) is 0 Å². The Hall–Kier alpha value is -2.11. The van der Waals surface area contributed by atoms with Crippen molar-refractivity contribution in [3.63, 3.8) is 0 Å². The van der Waals surface area contributed by atoms with E-state index < -0.39 is 0 Å². The summed E-state index contributed by atoms with van der Waals surface area (Å²) in [6, 6.07) is 13.8. The van der Waals surface area contributed by atoms with Crippen molar-refractivity contribution >= 4 is 12.4 Å². The molecule has 2 aromatic rings. The molecule has 3 rings (SSSR count). The predicted octanol–water partition coefficient (Wildman–Crippen LogP) is 3.88. The molecule has 0 saturated carbocycles. The highest BCUT2D eigenvalue weighted by atomic mass is 35.5. The molecule has 0 unspecified atom stereocenters. The second kappa shape index (κ2) is 10.9. The van der Waals surface area contributed by atoms with Gasteiger partial charge < -0.3 is 24.3 Å². The summed E-state index contributed by atoms with van der Waals surface area (Å²) in [6.45, 7) is 4.73. The van der Waals surface area contributed by atoms with Gasteiger partial charge in [0.2, 0.25) is 0 Å². The second-order valence-corrected chi connectivity index (χ2v) is 6.25. The Morgan fingerprint density at radius 1 is 1.11 bits per heavy atom. The fraction of sp³-hybridized carbons (Fsp3) is 0.429. The van der Waals surface area contributed by atoms with Crippen molar-refractivity contribution in [2.75, 3.05) is 33.4 Å². The van der Waals surface area contributed by atoms with Crippen LogP contribution >= 0.6 is 12.4 Å². The van der Waals surface area contributed by atoms with Crippen molar-refractivity contribution < 1.29 is 18.9 Å². The molecule has 0 amide bonds. The molecule has 0 saturated heterocycles. The lowest BCUT2D eigenvalue weighted by molar-refractivity contribution is 0.0897. The molecule has 1 aliphatic heterocycles. The molecule has 1 aliphatic rings. The van der Waals surface area contributed by atoms with E-state index in [9.17, 15) is 0 Å². The van der Waals surface area contributed by atoms with Gasteiger partial charge in [-0.2, -0.15) is 0 Å². The Morgan fingerprint density at radius 2 is 1.93 bits per heavy atom. The summed E-state index contributed by atoms with van der Waals surface area (Å²) in [7, 11) is 1.68. The van der Waals surface area contributed by atoms with E-state index in [-0.39, 0.29) is 18.5 Å². The molecule has 6 heteroatoms. The highest BCUT2D eigenvalue weighted by molar-refractivity contribution is 5.85. The van der Waals surface area contributed by atoms with Gasteiger partial charge in [0, 0.05) is 13.1 Å². The van der Waals surface area contributed by atoms with Crippen molar-refractivity contribution in [3.05, 3.63) is 48.0 Å². The summed E-state index contributed by atoms with van der Waals surface area (Å²) in [6.07, 6.45) is 2.06. The molecular weight excluding hydrogens is 366 g/mol. The molecule has 1 heterocycles. The Labute approximate surface area is 167 Å². The van der Waals surface area contributed by atoms with E-state index in [4.69, 9.17) is 18.9 Å². The van der Waals surface area contributed by atoms with Crippen LogP contribution in [-0.2, 0) is 6.42 Å². The molecule has 0 aromatic heterocycles. The zero-order valence-corrected chi connectivity index (χ0v) is 16.7. The fourth-order valence-corrected chi connectivity index (χ4v) is 3.00. The molecule has 1 N–H and O–H groups in total. The first kappa shape index (κ1) is 21.2. The van der Waals surface area contributed by atoms with Crippen LogP contribution in [0.4, 0.5) is 0 Å². The number of methoxy groups -OCH3 is 1. The van der Waals surface area contributed by atoms with Crippen LogP contribution in [0.2, 0.25) is 0 Å². The van der Waals surface area contributed by atoms with Crippen molar-refractivity contribution in [2.45, 2.75) is 25.9 Å². The van der Waals surface area contributed by atoms with Crippen LogP contribution in [0, 0.1) is 0 Å². The number of ether oxygens (including phenoxy) is 4.